The van der Waals surface area contributed by atoms with Gasteiger partial charge in [0.05, 0.1) is 18.4 Å². The number of carbonyl (C=O) groups is 2. The van der Waals surface area contributed by atoms with E-state index in [1.165, 1.54) is 4.68 Å². The van der Waals surface area contributed by atoms with Gasteiger partial charge in [0.25, 0.3) is 5.56 Å². The Balaban J connectivity index is 1.67. The fourth-order valence-electron chi connectivity index (χ4n) is 2.81. The van der Waals surface area contributed by atoms with E-state index in [4.69, 9.17) is 4.74 Å². The number of hydrogen-bond donors (Lipinski definition) is 2. The molecule has 0 radical (unpaired) electrons. The molecule has 1 amide bonds. The highest BCUT2D eigenvalue weighted by atomic mass is 16.5. The number of pyridine rings is 1. The lowest BCUT2D eigenvalue weighted by Gasteiger charge is -2.10. The van der Waals surface area contributed by atoms with E-state index in [-0.39, 0.29) is 24.4 Å². The van der Waals surface area contributed by atoms with Crippen molar-refractivity contribution in [2.75, 3.05) is 13.2 Å². The third-order valence-electron chi connectivity index (χ3n) is 4.52. The van der Waals surface area contributed by atoms with Crippen LogP contribution >= 0.6 is 0 Å². The third-order valence-corrected chi connectivity index (χ3v) is 4.52. The predicted molar refractivity (Wildman–Crippen MR) is 91.2 cm³/mol. The zero-order valence-corrected chi connectivity index (χ0v) is 14.6. The van der Waals surface area contributed by atoms with Gasteiger partial charge in [0, 0.05) is 12.7 Å². The van der Waals surface area contributed by atoms with E-state index in [2.05, 4.69) is 15.4 Å². The number of ether oxygens (including phenoxy) is 1. The van der Waals surface area contributed by atoms with E-state index in [0.717, 1.165) is 18.4 Å². The van der Waals surface area contributed by atoms with E-state index >= 15 is 0 Å². The Labute approximate surface area is 144 Å². The van der Waals surface area contributed by atoms with Crippen molar-refractivity contribution in [1.29, 1.82) is 0 Å². The minimum atomic E-state index is -0.429. The number of carbonyl (C=O) groups excluding carboxylic acids is 2. The van der Waals surface area contributed by atoms with Gasteiger partial charge < -0.3 is 10.1 Å². The number of nitrogens with zero attached hydrogens (tertiary/aromatic N) is 2. The highest BCUT2D eigenvalue weighted by Crippen LogP contribution is 2.28. The van der Waals surface area contributed by atoms with Gasteiger partial charge in [-0.05, 0) is 43.7 Å². The Hall–Kier alpha value is -2.64. The number of hydrogen-bond acceptors (Lipinski definition) is 5. The molecule has 3 rings (SSSR count). The van der Waals surface area contributed by atoms with Gasteiger partial charge in [0.2, 0.25) is 5.91 Å². The summed E-state index contributed by atoms with van der Waals surface area (Å²) < 4.78 is 6.44. The Morgan fingerprint density at radius 2 is 2.08 bits per heavy atom. The second-order valence-corrected chi connectivity index (χ2v) is 6.58. The molecule has 2 N–H and O–H groups in total. The highest BCUT2D eigenvalue weighted by molar-refractivity contribution is 5.86. The molecule has 1 aliphatic rings. The first-order chi connectivity index (χ1) is 11.9. The van der Waals surface area contributed by atoms with Crippen LogP contribution in [0, 0.1) is 19.8 Å². The number of aromatic amines is 1. The summed E-state index contributed by atoms with van der Waals surface area (Å²) in [7, 11) is 1.62. The molecule has 0 bridgehead atoms. The van der Waals surface area contributed by atoms with Crippen LogP contribution in [0.2, 0.25) is 0 Å². The van der Waals surface area contributed by atoms with E-state index < -0.39 is 5.97 Å². The molecule has 2 aromatic rings. The summed E-state index contributed by atoms with van der Waals surface area (Å²) in [6.45, 7) is 3.89. The van der Waals surface area contributed by atoms with Crippen molar-refractivity contribution in [1.82, 2.24) is 20.1 Å². The fraction of sp³-hybridized carbons (Fsp3) is 0.529. The SMILES string of the molecule is Cc1nc2[nH]n(C)c(=O)c2c(C)c1CC(=O)NCC(=O)OCC1CC1. The quantitative estimate of drug-likeness (QED) is 0.741. The summed E-state index contributed by atoms with van der Waals surface area (Å²) >= 11 is 0. The minimum absolute atomic E-state index is 0.0604. The van der Waals surface area contributed by atoms with Crippen molar-refractivity contribution in [2.24, 2.45) is 13.0 Å². The Kier molecular flexibility index (Phi) is 4.61. The molecule has 0 saturated heterocycles. The largest absolute Gasteiger partial charge is 0.464 e. The van der Waals surface area contributed by atoms with Gasteiger partial charge in [0.15, 0.2) is 5.65 Å². The molecule has 0 atom stereocenters. The minimum Gasteiger partial charge on any atom is -0.464 e. The summed E-state index contributed by atoms with van der Waals surface area (Å²) in [6.07, 6.45) is 2.27. The van der Waals surface area contributed by atoms with Gasteiger partial charge in [-0.1, -0.05) is 0 Å². The lowest BCUT2D eigenvalue weighted by molar-refractivity contribution is -0.144. The zero-order chi connectivity index (χ0) is 18.1. The van der Waals surface area contributed by atoms with Gasteiger partial charge in [-0.2, -0.15) is 0 Å². The monoisotopic (exact) mass is 346 g/mol. The van der Waals surface area contributed by atoms with Crippen LogP contribution in [0.25, 0.3) is 11.0 Å². The standard InChI is InChI=1S/C17H22N4O4/c1-9-12(10(2)19-16-15(9)17(24)21(3)20-16)6-13(22)18-7-14(23)25-8-11-4-5-11/h11H,4-8H2,1-3H3,(H,18,22)(H,19,20). The fourth-order valence-corrected chi connectivity index (χ4v) is 2.81. The van der Waals surface area contributed by atoms with Crippen LogP contribution in [-0.2, 0) is 27.8 Å². The summed E-state index contributed by atoms with van der Waals surface area (Å²) in [5.74, 6) is -0.239. The maximum absolute atomic E-state index is 12.2. The van der Waals surface area contributed by atoms with E-state index in [9.17, 15) is 14.4 Å². The molecule has 1 aliphatic carbocycles. The number of aromatic nitrogens is 3. The number of amides is 1. The summed E-state index contributed by atoms with van der Waals surface area (Å²) in [5.41, 5.74) is 2.45. The summed E-state index contributed by atoms with van der Waals surface area (Å²) in [4.78, 5) is 40.3. The first-order valence-electron chi connectivity index (χ1n) is 8.34. The zero-order valence-electron chi connectivity index (χ0n) is 14.6. The average Bonchev–Trinajstić information content (AvgIpc) is 3.34. The van der Waals surface area contributed by atoms with Crippen LogP contribution in [0.15, 0.2) is 4.79 Å². The topological polar surface area (TPSA) is 106 Å². The number of rotatable bonds is 6. The Morgan fingerprint density at radius 3 is 2.76 bits per heavy atom. The van der Waals surface area contributed by atoms with E-state index in [0.29, 0.717) is 34.8 Å². The van der Waals surface area contributed by atoms with Crippen molar-refractivity contribution in [3.05, 3.63) is 27.2 Å². The first kappa shape index (κ1) is 17.2. The number of fused-ring (bicyclic) bond motifs is 1. The van der Waals surface area contributed by atoms with Crippen LogP contribution in [0.4, 0.5) is 0 Å². The van der Waals surface area contributed by atoms with Crippen LogP contribution in [0.5, 0.6) is 0 Å². The number of H-pyrrole nitrogens is 1. The molecule has 0 spiro atoms. The Bertz CT molecular complexity index is 892. The van der Waals surface area contributed by atoms with Crippen molar-refractivity contribution >= 4 is 22.9 Å². The molecule has 0 aliphatic heterocycles. The van der Waals surface area contributed by atoms with E-state index in [1.807, 2.05) is 0 Å². The molecule has 8 heteroatoms. The van der Waals surface area contributed by atoms with Crippen molar-refractivity contribution in [3.63, 3.8) is 0 Å². The molecular formula is C17H22N4O4. The summed E-state index contributed by atoms with van der Waals surface area (Å²) in [5, 5.41) is 5.94. The molecule has 2 heterocycles. The van der Waals surface area contributed by atoms with Crippen LogP contribution in [0.1, 0.15) is 29.7 Å². The molecule has 0 aromatic carbocycles. The lowest BCUT2D eigenvalue weighted by atomic mass is 10.0. The molecule has 1 saturated carbocycles. The van der Waals surface area contributed by atoms with Gasteiger partial charge in [-0.25, -0.2) is 4.98 Å². The van der Waals surface area contributed by atoms with E-state index in [1.54, 1.807) is 20.9 Å². The molecule has 2 aromatic heterocycles. The molecular weight excluding hydrogens is 324 g/mol. The molecule has 25 heavy (non-hydrogen) atoms. The highest BCUT2D eigenvalue weighted by Gasteiger charge is 2.23. The predicted octanol–water partition coefficient (Wildman–Crippen LogP) is 0.490. The molecule has 0 unspecified atom stereocenters. The van der Waals surface area contributed by atoms with Gasteiger partial charge in [-0.3, -0.25) is 24.2 Å². The van der Waals surface area contributed by atoms with Crippen molar-refractivity contribution in [2.45, 2.75) is 33.1 Å². The van der Waals surface area contributed by atoms with Crippen LogP contribution in [0.3, 0.4) is 0 Å². The second-order valence-electron chi connectivity index (χ2n) is 6.58. The molecule has 8 nitrogen and oxygen atoms in total. The maximum atomic E-state index is 12.2. The van der Waals surface area contributed by atoms with Crippen LogP contribution < -0.4 is 10.9 Å². The lowest BCUT2D eigenvalue weighted by Crippen LogP contribution is -2.32. The number of nitrogens with one attached hydrogen (secondary N) is 2. The van der Waals surface area contributed by atoms with Gasteiger partial charge in [0.1, 0.15) is 6.54 Å². The van der Waals surface area contributed by atoms with Crippen molar-refractivity contribution < 1.29 is 14.3 Å². The van der Waals surface area contributed by atoms with Gasteiger partial charge >= 0.3 is 5.97 Å². The summed E-state index contributed by atoms with van der Waals surface area (Å²) in [6, 6.07) is 0. The number of aryl methyl sites for hydroxylation is 3. The average molecular weight is 346 g/mol. The Morgan fingerprint density at radius 1 is 1.36 bits per heavy atom. The van der Waals surface area contributed by atoms with Crippen molar-refractivity contribution in [3.8, 4) is 0 Å². The third kappa shape index (κ3) is 3.72. The number of esters is 1. The van der Waals surface area contributed by atoms with Gasteiger partial charge in [-0.15, -0.1) is 0 Å². The first-order valence-corrected chi connectivity index (χ1v) is 8.34. The van der Waals surface area contributed by atoms with Crippen LogP contribution in [-0.4, -0.2) is 39.8 Å². The normalized spacial score (nSPS) is 13.9. The molecule has 1 fully saturated rings. The molecule has 134 valence electrons. The maximum Gasteiger partial charge on any atom is 0.325 e. The smallest absolute Gasteiger partial charge is 0.325 e. The second kappa shape index (κ2) is 6.70.